The largest absolute Gasteiger partial charge is 0.314 e. The fourth-order valence-corrected chi connectivity index (χ4v) is 2.42. The molecular formula is C9H20N2O2S. The maximum atomic E-state index is 11.3. The van der Waals surface area contributed by atoms with Gasteiger partial charge in [0.25, 0.3) is 0 Å². The van der Waals surface area contributed by atoms with Crippen molar-refractivity contribution in [2.45, 2.75) is 19.9 Å². The van der Waals surface area contributed by atoms with E-state index in [1.54, 1.807) is 6.92 Å². The van der Waals surface area contributed by atoms with Gasteiger partial charge >= 0.3 is 0 Å². The fraction of sp³-hybridized carbons (Fsp3) is 1.00. The topological polar surface area (TPSA) is 49.4 Å². The second kappa shape index (κ2) is 5.09. The Labute approximate surface area is 86.6 Å². The molecule has 1 heterocycles. The molecular weight excluding hydrogens is 200 g/mol. The van der Waals surface area contributed by atoms with Crippen LogP contribution >= 0.6 is 0 Å². The summed E-state index contributed by atoms with van der Waals surface area (Å²) in [6.45, 7) is 7.41. The van der Waals surface area contributed by atoms with Crippen LogP contribution in [0.3, 0.4) is 0 Å². The highest BCUT2D eigenvalue weighted by molar-refractivity contribution is 7.91. The van der Waals surface area contributed by atoms with Crippen molar-refractivity contribution in [1.82, 2.24) is 10.2 Å². The Morgan fingerprint density at radius 2 is 2.21 bits per heavy atom. The maximum Gasteiger partial charge on any atom is 0.151 e. The SMILES string of the molecule is CCS(=O)(=O)CCN1CCNC[C@H]1C. The van der Waals surface area contributed by atoms with Crippen LogP contribution in [0.25, 0.3) is 0 Å². The van der Waals surface area contributed by atoms with Gasteiger partial charge in [-0.3, -0.25) is 4.90 Å². The molecule has 14 heavy (non-hydrogen) atoms. The third kappa shape index (κ3) is 3.55. The Morgan fingerprint density at radius 1 is 1.50 bits per heavy atom. The lowest BCUT2D eigenvalue weighted by molar-refractivity contribution is 0.184. The van der Waals surface area contributed by atoms with Crippen LogP contribution < -0.4 is 5.32 Å². The molecule has 0 bridgehead atoms. The first-order valence-electron chi connectivity index (χ1n) is 5.20. The molecule has 0 aromatic rings. The van der Waals surface area contributed by atoms with E-state index in [1.807, 2.05) is 0 Å². The van der Waals surface area contributed by atoms with Crippen LogP contribution in [-0.4, -0.2) is 57.0 Å². The molecule has 0 radical (unpaired) electrons. The summed E-state index contributed by atoms with van der Waals surface area (Å²) in [4.78, 5) is 2.24. The molecule has 5 heteroatoms. The van der Waals surface area contributed by atoms with Gasteiger partial charge in [-0.1, -0.05) is 6.92 Å². The number of nitrogens with zero attached hydrogens (tertiary/aromatic N) is 1. The van der Waals surface area contributed by atoms with Gasteiger partial charge in [-0.25, -0.2) is 8.42 Å². The van der Waals surface area contributed by atoms with Crippen LogP contribution in [0.15, 0.2) is 0 Å². The van der Waals surface area contributed by atoms with Gasteiger partial charge in [0, 0.05) is 38.0 Å². The van der Waals surface area contributed by atoms with Crippen molar-refractivity contribution >= 4 is 9.84 Å². The van der Waals surface area contributed by atoms with Crippen molar-refractivity contribution in [1.29, 1.82) is 0 Å². The molecule has 1 aliphatic rings. The summed E-state index contributed by atoms with van der Waals surface area (Å²) < 4.78 is 22.6. The predicted octanol–water partition coefficient (Wildman–Crippen LogP) is -0.285. The standard InChI is InChI=1S/C9H20N2O2S/c1-3-14(12,13)7-6-11-5-4-10-8-9(11)2/h9-10H,3-8H2,1-2H3/t9-/m1/s1. The average Bonchev–Trinajstić information content (AvgIpc) is 2.17. The van der Waals surface area contributed by atoms with Gasteiger partial charge in [-0.2, -0.15) is 0 Å². The van der Waals surface area contributed by atoms with Gasteiger partial charge < -0.3 is 5.32 Å². The van der Waals surface area contributed by atoms with Crippen molar-refractivity contribution < 1.29 is 8.42 Å². The number of sulfone groups is 1. The van der Waals surface area contributed by atoms with Gasteiger partial charge in [-0.05, 0) is 6.92 Å². The van der Waals surface area contributed by atoms with Crippen LogP contribution in [-0.2, 0) is 9.84 Å². The Kier molecular flexibility index (Phi) is 4.34. The Morgan fingerprint density at radius 3 is 2.79 bits per heavy atom. The smallest absolute Gasteiger partial charge is 0.151 e. The summed E-state index contributed by atoms with van der Waals surface area (Å²) in [7, 11) is -2.80. The van der Waals surface area contributed by atoms with E-state index in [2.05, 4.69) is 17.1 Å². The number of piperazine rings is 1. The van der Waals surface area contributed by atoms with Crippen molar-refractivity contribution in [2.24, 2.45) is 0 Å². The van der Waals surface area contributed by atoms with Gasteiger partial charge in [0.05, 0.1) is 5.75 Å². The van der Waals surface area contributed by atoms with Crippen LogP contribution in [0.2, 0.25) is 0 Å². The first-order chi connectivity index (χ1) is 6.55. The van der Waals surface area contributed by atoms with E-state index < -0.39 is 9.84 Å². The Bertz CT molecular complexity index is 264. The molecule has 0 aliphatic carbocycles. The third-order valence-electron chi connectivity index (χ3n) is 2.77. The van der Waals surface area contributed by atoms with Gasteiger partial charge in [-0.15, -0.1) is 0 Å². The highest BCUT2D eigenvalue weighted by Gasteiger charge is 2.19. The van der Waals surface area contributed by atoms with Crippen LogP contribution in [0.5, 0.6) is 0 Å². The molecule has 84 valence electrons. The molecule has 1 aliphatic heterocycles. The minimum absolute atomic E-state index is 0.257. The van der Waals surface area contributed by atoms with Gasteiger partial charge in [0.15, 0.2) is 9.84 Å². The first-order valence-corrected chi connectivity index (χ1v) is 7.02. The zero-order valence-corrected chi connectivity index (χ0v) is 9.81. The van der Waals surface area contributed by atoms with Crippen molar-refractivity contribution in [3.05, 3.63) is 0 Å². The number of hydrogen-bond acceptors (Lipinski definition) is 4. The minimum atomic E-state index is -2.80. The van der Waals surface area contributed by atoms with Gasteiger partial charge in [0.2, 0.25) is 0 Å². The lowest BCUT2D eigenvalue weighted by Crippen LogP contribution is -2.51. The molecule has 1 rings (SSSR count). The molecule has 1 fully saturated rings. The van der Waals surface area contributed by atoms with Crippen LogP contribution in [0.1, 0.15) is 13.8 Å². The maximum absolute atomic E-state index is 11.3. The molecule has 0 unspecified atom stereocenters. The molecule has 4 nitrogen and oxygen atoms in total. The molecule has 1 saturated heterocycles. The second-order valence-corrected chi connectivity index (χ2v) is 6.30. The summed E-state index contributed by atoms with van der Waals surface area (Å²) >= 11 is 0. The zero-order valence-electron chi connectivity index (χ0n) is 8.99. The molecule has 0 amide bonds. The number of rotatable bonds is 4. The van der Waals surface area contributed by atoms with Crippen molar-refractivity contribution in [3.63, 3.8) is 0 Å². The molecule has 0 aromatic carbocycles. The summed E-state index contributed by atoms with van der Waals surface area (Å²) in [6.07, 6.45) is 0. The number of hydrogen-bond donors (Lipinski definition) is 1. The van der Waals surface area contributed by atoms with E-state index in [4.69, 9.17) is 0 Å². The number of nitrogens with one attached hydrogen (secondary N) is 1. The quantitative estimate of drug-likeness (QED) is 0.707. The van der Waals surface area contributed by atoms with Crippen LogP contribution in [0, 0.1) is 0 Å². The normalized spacial score (nSPS) is 25.1. The second-order valence-electron chi connectivity index (χ2n) is 3.83. The molecule has 0 aromatic heterocycles. The Hall–Kier alpha value is -0.130. The monoisotopic (exact) mass is 220 g/mol. The third-order valence-corrected chi connectivity index (χ3v) is 4.45. The zero-order chi connectivity index (χ0) is 10.6. The van der Waals surface area contributed by atoms with E-state index in [-0.39, 0.29) is 5.75 Å². The highest BCUT2D eigenvalue weighted by Crippen LogP contribution is 2.02. The fourth-order valence-electron chi connectivity index (χ4n) is 1.62. The van der Waals surface area contributed by atoms with E-state index in [0.29, 0.717) is 18.3 Å². The summed E-state index contributed by atoms with van der Waals surface area (Å²) in [6, 6.07) is 0.454. The molecule has 0 saturated carbocycles. The summed E-state index contributed by atoms with van der Waals surface area (Å²) in [5.41, 5.74) is 0. The van der Waals surface area contributed by atoms with Crippen molar-refractivity contribution in [3.8, 4) is 0 Å². The highest BCUT2D eigenvalue weighted by atomic mass is 32.2. The van der Waals surface area contributed by atoms with Crippen molar-refractivity contribution in [2.75, 3.05) is 37.7 Å². The molecule has 1 atom stereocenters. The Balaban J connectivity index is 2.36. The molecule has 1 N–H and O–H groups in total. The average molecular weight is 220 g/mol. The van der Waals surface area contributed by atoms with Crippen LogP contribution in [0.4, 0.5) is 0 Å². The lowest BCUT2D eigenvalue weighted by Gasteiger charge is -2.33. The van der Waals surface area contributed by atoms with E-state index >= 15 is 0 Å². The predicted molar refractivity (Wildman–Crippen MR) is 58.2 cm³/mol. The minimum Gasteiger partial charge on any atom is -0.314 e. The van der Waals surface area contributed by atoms with E-state index in [9.17, 15) is 8.42 Å². The molecule has 0 spiro atoms. The lowest BCUT2D eigenvalue weighted by atomic mass is 10.2. The van der Waals surface area contributed by atoms with E-state index in [0.717, 1.165) is 19.6 Å². The van der Waals surface area contributed by atoms with E-state index in [1.165, 1.54) is 0 Å². The first kappa shape index (κ1) is 11.9. The summed E-state index contributed by atoms with van der Waals surface area (Å²) in [5.74, 6) is 0.557. The summed E-state index contributed by atoms with van der Waals surface area (Å²) in [5, 5.41) is 3.28. The van der Waals surface area contributed by atoms with Gasteiger partial charge in [0.1, 0.15) is 0 Å².